The van der Waals surface area contributed by atoms with Gasteiger partial charge in [-0.05, 0) is 36.3 Å². The molecule has 1 aromatic rings. The van der Waals surface area contributed by atoms with Gasteiger partial charge in [-0.1, -0.05) is 18.7 Å². The van der Waals surface area contributed by atoms with E-state index in [0.29, 0.717) is 5.56 Å². The topological polar surface area (TPSA) is 45.0 Å². The zero-order valence-electron chi connectivity index (χ0n) is 10.4. The molecule has 1 aromatic carbocycles. The smallest absolute Gasteiger partial charge is 0.133 e. The van der Waals surface area contributed by atoms with Gasteiger partial charge < -0.3 is 10.1 Å². The highest BCUT2D eigenvalue weighted by Crippen LogP contribution is 2.22. The lowest BCUT2D eigenvalue weighted by molar-refractivity contribution is 0.256. The van der Waals surface area contributed by atoms with Crippen LogP contribution in [0.15, 0.2) is 36.4 Å². The van der Waals surface area contributed by atoms with Gasteiger partial charge in [0, 0.05) is 13.1 Å². The molecule has 92 valence electrons. The van der Waals surface area contributed by atoms with Crippen molar-refractivity contribution in [2.24, 2.45) is 0 Å². The van der Waals surface area contributed by atoms with Crippen molar-refractivity contribution in [2.45, 2.75) is 13.0 Å². The van der Waals surface area contributed by atoms with Gasteiger partial charge >= 0.3 is 0 Å². The highest BCUT2D eigenvalue weighted by molar-refractivity contribution is 5.60. The lowest BCUT2D eigenvalue weighted by Gasteiger charge is -2.14. The van der Waals surface area contributed by atoms with Crippen molar-refractivity contribution in [1.82, 2.24) is 5.32 Å². The van der Waals surface area contributed by atoms with Gasteiger partial charge in [0.2, 0.25) is 0 Å². The van der Waals surface area contributed by atoms with E-state index in [-0.39, 0.29) is 6.10 Å². The van der Waals surface area contributed by atoms with Crippen LogP contribution in [-0.4, -0.2) is 19.2 Å². The van der Waals surface area contributed by atoms with E-state index >= 15 is 0 Å². The van der Waals surface area contributed by atoms with Gasteiger partial charge in [-0.2, -0.15) is 5.26 Å². The molecule has 1 fully saturated rings. The van der Waals surface area contributed by atoms with Crippen molar-refractivity contribution in [3.8, 4) is 11.8 Å². The molecule has 1 aliphatic rings. The molecule has 0 aliphatic carbocycles. The number of allylic oxidation sites excluding steroid dienone is 1. The Morgan fingerprint density at radius 3 is 3.00 bits per heavy atom. The quantitative estimate of drug-likeness (QED) is 0.826. The van der Waals surface area contributed by atoms with Crippen molar-refractivity contribution < 1.29 is 4.74 Å². The number of nitrogens with zero attached hydrogens (tertiary/aromatic N) is 1. The summed E-state index contributed by atoms with van der Waals surface area (Å²) in [4.78, 5) is 0. The summed E-state index contributed by atoms with van der Waals surface area (Å²) in [6.07, 6.45) is 3.85. The summed E-state index contributed by atoms with van der Waals surface area (Å²) < 4.78 is 5.87. The molecule has 0 radical (unpaired) electrons. The normalized spacial score (nSPS) is 19.1. The average Bonchev–Trinajstić information content (AvgIpc) is 2.76. The van der Waals surface area contributed by atoms with E-state index in [0.717, 1.165) is 30.0 Å². The fourth-order valence-electron chi connectivity index (χ4n) is 1.94. The number of hydrogen-bond donors (Lipinski definition) is 1. The third-order valence-corrected chi connectivity index (χ3v) is 2.91. The maximum atomic E-state index is 9.01. The molecule has 0 amide bonds. The molecule has 1 atom stereocenters. The first-order chi connectivity index (χ1) is 8.74. The zero-order valence-corrected chi connectivity index (χ0v) is 10.4. The van der Waals surface area contributed by atoms with Crippen LogP contribution in [0.25, 0.3) is 6.08 Å². The van der Waals surface area contributed by atoms with E-state index < -0.39 is 0 Å². The molecule has 1 N–H and O–H groups in total. The van der Waals surface area contributed by atoms with Crippen molar-refractivity contribution in [3.63, 3.8) is 0 Å². The Hall–Kier alpha value is -2.05. The number of benzene rings is 1. The summed E-state index contributed by atoms with van der Waals surface area (Å²) in [5, 5.41) is 12.2. The minimum Gasteiger partial charge on any atom is -0.485 e. The summed E-state index contributed by atoms with van der Waals surface area (Å²) in [6.45, 7) is 7.50. The molecule has 1 saturated heterocycles. The van der Waals surface area contributed by atoms with Crippen LogP contribution in [0.4, 0.5) is 0 Å². The second-order valence-electron chi connectivity index (χ2n) is 4.26. The maximum absolute atomic E-state index is 9.01. The van der Waals surface area contributed by atoms with Gasteiger partial charge in [0.15, 0.2) is 0 Å². The first-order valence-electron chi connectivity index (χ1n) is 5.96. The van der Waals surface area contributed by atoms with Crippen LogP contribution < -0.4 is 10.1 Å². The summed E-state index contributed by atoms with van der Waals surface area (Å²) in [5.41, 5.74) is 2.60. The summed E-state index contributed by atoms with van der Waals surface area (Å²) in [7, 11) is 0. The average molecular weight is 240 g/mol. The SMILES string of the molecule is C=C1CNC[C@@H]1Oc1ccc(C#N)c(/C=C/C)c1. The molecule has 0 spiro atoms. The molecule has 3 nitrogen and oxygen atoms in total. The van der Waals surface area contributed by atoms with Gasteiger partial charge in [0.1, 0.15) is 11.9 Å². The molecule has 0 bridgehead atoms. The Morgan fingerprint density at radius 2 is 2.39 bits per heavy atom. The Balaban J connectivity index is 2.21. The van der Waals surface area contributed by atoms with Crippen molar-refractivity contribution in [2.75, 3.05) is 13.1 Å². The van der Waals surface area contributed by atoms with Crippen LogP contribution >= 0.6 is 0 Å². The van der Waals surface area contributed by atoms with Crippen LogP contribution in [0.2, 0.25) is 0 Å². The van der Waals surface area contributed by atoms with Gasteiger partial charge in [-0.15, -0.1) is 0 Å². The first kappa shape index (κ1) is 12.4. The molecular weight excluding hydrogens is 224 g/mol. The van der Waals surface area contributed by atoms with Crippen molar-refractivity contribution in [1.29, 1.82) is 5.26 Å². The van der Waals surface area contributed by atoms with Crippen molar-refractivity contribution in [3.05, 3.63) is 47.6 Å². The Morgan fingerprint density at radius 1 is 1.56 bits per heavy atom. The van der Waals surface area contributed by atoms with E-state index in [1.165, 1.54) is 0 Å². The zero-order chi connectivity index (χ0) is 13.0. The molecule has 0 saturated carbocycles. The molecule has 2 rings (SSSR count). The van der Waals surface area contributed by atoms with Crippen LogP contribution in [-0.2, 0) is 0 Å². The third kappa shape index (κ3) is 2.61. The largest absolute Gasteiger partial charge is 0.485 e. The van der Waals surface area contributed by atoms with E-state index in [2.05, 4.69) is 18.0 Å². The third-order valence-electron chi connectivity index (χ3n) is 2.91. The lowest BCUT2D eigenvalue weighted by Crippen LogP contribution is -2.20. The molecule has 3 heteroatoms. The minimum absolute atomic E-state index is 0.0244. The van der Waals surface area contributed by atoms with Gasteiger partial charge in [0.25, 0.3) is 0 Å². The molecule has 1 aliphatic heterocycles. The molecular formula is C15H16N2O. The van der Waals surface area contributed by atoms with Gasteiger partial charge in [-0.25, -0.2) is 0 Å². The number of ether oxygens (including phenoxy) is 1. The monoisotopic (exact) mass is 240 g/mol. The molecule has 0 aromatic heterocycles. The molecule has 1 heterocycles. The number of nitrogens with one attached hydrogen (secondary N) is 1. The summed E-state index contributed by atoms with van der Waals surface area (Å²) in [5.74, 6) is 0.775. The highest BCUT2D eigenvalue weighted by atomic mass is 16.5. The number of hydrogen-bond acceptors (Lipinski definition) is 3. The predicted octanol–water partition coefficient (Wildman–Crippen LogP) is 2.50. The van der Waals surface area contributed by atoms with Crippen LogP contribution in [0.3, 0.4) is 0 Å². The van der Waals surface area contributed by atoms with E-state index in [1.807, 2.05) is 31.2 Å². The van der Waals surface area contributed by atoms with Crippen LogP contribution in [0, 0.1) is 11.3 Å². The fraction of sp³-hybridized carbons (Fsp3) is 0.267. The van der Waals surface area contributed by atoms with Crippen LogP contribution in [0.5, 0.6) is 5.75 Å². The van der Waals surface area contributed by atoms with E-state index in [9.17, 15) is 0 Å². The maximum Gasteiger partial charge on any atom is 0.133 e. The highest BCUT2D eigenvalue weighted by Gasteiger charge is 2.20. The molecule has 0 unspecified atom stereocenters. The van der Waals surface area contributed by atoms with E-state index in [1.54, 1.807) is 6.07 Å². The van der Waals surface area contributed by atoms with Gasteiger partial charge in [-0.3, -0.25) is 0 Å². The van der Waals surface area contributed by atoms with Gasteiger partial charge in [0.05, 0.1) is 11.6 Å². The molecule has 18 heavy (non-hydrogen) atoms. The Labute approximate surface area is 107 Å². The minimum atomic E-state index is 0.0244. The predicted molar refractivity (Wildman–Crippen MR) is 72.3 cm³/mol. The fourth-order valence-corrected chi connectivity index (χ4v) is 1.94. The van der Waals surface area contributed by atoms with Crippen molar-refractivity contribution >= 4 is 6.08 Å². The number of nitriles is 1. The summed E-state index contributed by atoms with van der Waals surface area (Å²) in [6, 6.07) is 7.68. The Kier molecular flexibility index (Phi) is 3.81. The second kappa shape index (κ2) is 5.52. The van der Waals surface area contributed by atoms with Crippen LogP contribution in [0.1, 0.15) is 18.1 Å². The number of rotatable bonds is 3. The lowest BCUT2D eigenvalue weighted by atomic mass is 10.1. The Bertz CT molecular complexity index is 526. The standard InChI is InChI=1S/C15H16N2O/c1-3-4-12-7-14(6-5-13(12)8-16)18-15-10-17-9-11(15)2/h3-7,15,17H,2,9-10H2,1H3/b4-3+/t15-/m0/s1. The first-order valence-corrected chi connectivity index (χ1v) is 5.96. The van der Waals surface area contributed by atoms with E-state index in [4.69, 9.17) is 10.00 Å². The summed E-state index contributed by atoms with van der Waals surface area (Å²) >= 11 is 0. The second-order valence-corrected chi connectivity index (χ2v) is 4.26.